The minimum absolute atomic E-state index is 0.0537. The summed E-state index contributed by atoms with van der Waals surface area (Å²) < 4.78 is 24.9. The summed E-state index contributed by atoms with van der Waals surface area (Å²) in [6.45, 7) is 0. The zero-order valence-electron chi connectivity index (χ0n) is 16.7. The molecule has 2 aromatic heterocycles. The quantitative estimate of drug-likeness (QED) is 0.516. The second-order valence-corrected chi connectivity index (χ2v) is 8.80. The SMILES string of the molecule is CN(c1cc2nccnc2cc1-c1ccccc1S(C)(=O)=O)c1ncnc(N)c1C#N. The number of nitrogens with zero attached hydrogens (tertiary/aromatic N) is 6. The van der Waals surface area contributed by atoms with Gasteiger partial charge in [-0.15, -0.1) is 0 Å². The maximum absolute atomic E-state index is 12.5. The molecule has 0 aliphatic heterocycles. The highest BCUT2D eigenvalue weighted by Gasteiger charge is 2.22. The average molecular weight is 431 g/mol. The maximum Gasteiger partial charge on any atom is 0.176 e. The van der Waals surface area contributed by atoms with E-state index in [4.69, 9.17) is 5.73 Å². The lowest BCUT2D eigenvalue weighted by Gasteiger charge is -2.24. The Hall–Kier alpha value is -4.10. The molecule has 4 rings (SSSR count). The molecule has 0 bridgehead atoms. The third kappa shape index (κ3) is 3.62. The number of aromatic nitrogens is 4. The number of hydrogen-bond acceptors (Lipinski definition) is 9. The minimum Gasteiger partial charge on any atom is -0.382 e. The summed E-state index contributed by atoms with van der Waals surface area (Å²) in [5.74, 6) is 0.342. The molecule has 154 valence electrons. The summed E-state index contributed by atoms with van der Waals surface area (Å²) in [5, 5.41) is 9.57. The van der Waals surface area contributed by atoms with Crippen molar-refractivity contribution in [3.05, 3.63) is 60.7 Å². The third-order valence-electron chi connectivity index (χ3n) is 4.81. The lowest BCUT2D eigenvalue weighted by Crippen LogP contribution is -2.16. The molecule has 2 N–H and O–H groups in total. The molecule has 2 aromatic carbocycles. The normalized spacial score (nSPS) is 11.3. The van der Waals surface area contributed by atoms with Gasteiger partial charge in [-0.1, -0.05) is 18.2 Å². The largest absolute Gasteiger partial charge is 0.382 e. The van der Waals surface area contributed by atoms with Crippen molar-refractivity contribution in [3.8, 4) is 17.2 Å². The number of sulfone groups is 1. The molecule has 0 atom stereocenters. The highest BCUT2D eigenvalue weighted by atomic mass is 32.2. The van der Waals surface area contributed by atoms with Crippen LogP contribution in [0.3, 0.4) is 0 Å². The molecule has 31 heavy (non-hydrogen) atoms. The molecule has 0 spiro atoms. The Morgan fingerprint density at radius 1 is 1.00 bits per heavy atom. The molecule has 0 aliphatic carbocycles. The molecule has 2 heterocycles. The number of nitrogen functional groups attached to an aromatic ring is 1. The second-order valence-electron chi connectivity index (χ2n) is 6.81. The molecular formula is C21H17N7O2S. The van der Waals surface area contributed by atoms with Crippen LogP contribution in [0.4, 0.5) is 17.3 Å². The van der Waals surface area contributed by atoms with Crippen molar-refractivity contribution in [3.63, 3.8) is 0 Å². The monoisotopic (exact) mass is 431 g/mol. The van der Waals surface area contributed by atoms with Gasteiger partial charge in [-0.25, -0.2) is 18.4 Å². The Morgan fingerprint density at radius 3 is 2.35 bits per heavy atom. The fourth-order valence-electron chi connectivity index (χ4n) is 3.37. The van der Waals surface area contributed by atoms with Gasteiger partial charge in [-0.2, -0.15) is 5.26 Å². The van der Waals surface area contributed by atoms with Gasteiger partial charge in [0.15, 0.2) is 15.7 Å². The van der Waals surface area contributed by atoms with Crippen molar-refractivity contribution < 1.29 is 8.42 Å². The van der Waals surface area contributed by atoms with Gasteiger partial charge in [-0.3, -0.25) is 9.97 Å². The molecule has 0 saturated carbocycles. The maximum atomic E-state index is 12.5. The van der Waals surface area contributed by atoms with E-state index >= 15 is 0 Å². The van der Waals surface area contributed by atoms with Crippen LogP contribution in [0.1, 0.15) is 5.56 Å². The van der Waals surface area contributed by atoms with Crippen molar-refractivity contribution in [2.24, 2.45) is 0 Å². The van der Waals surface area contributed by atoms with Gasteiger partial charge in [0.1, 0.15) is 23.8 Å². The van der Waals surface area contributed by atoms with Crippen molar-refractivity contribution >= 4 is 38.2 Å². The first kappa shape index (κ1) is 20.2. The Bertz CT molecular complexity index is 1460. The summed E-state index contributed by atoms with van der Waals surface area (Å²) in [5.41, 5.74) is 8.86. The van der Waals surface area contributed by atoms with Crippen LogP contribution in [0, 0.1) is 11.3 Å². The van der Waals surface area contributed by atoms with Gasteiger partial charge in [0.2, 0.25) is 0 Å². The Balaban J connectivity index is 2.06. The van der Waals surface area contributed by atoms with Crippen LogP contribution in [-0.2, 0) is 9.84 Å². The second kappa shape index (κ2) is 7.62. The first-order valence-electron chi connectivity index (χ1n) is 9.10. The Morgan fingerprint density at radius 2 is 1.68 bits per heavy atom. The zero-order chi connectivity index (χ0) is 22.2. The molecule has 0 saturated heterocycles. The molecule has 0 amide bonds. The van der Waals surface area contributed by atoms with Gasteiger partial charge in [0, 0.05) is 36.8 Å². The topological polar surface area (TPSA) is 139 Å². The van der Waals surface area contributed by atoms with Crippen LogP contribution in [0.2, 0.25) is 0 Å². The predicted molar refractivity (Wildman–Crippen MR) is 117 cm³/mol. The molecule has 10 heteroatoms. The molecule has 0 unspecified atom stereocenters. The fraction of sp³-hybridized carbons (Fsp3) is 0.0952. The van der Waals surface area contributed by atoms with Gasteiger partial charge in [-0.05, 0) is 18.2 Å². The first-order valence-corrected chi connectivity index (χ1v) is 11.0. The standard InChI is InChI=1S/C21H17N7O2S/c1-28(21-15(11-22)20(23)26-12-27-21)18-10-17-16(24-7-8-25-17)9-14(18)13-5-3-4-6-19(13)31(2,29)30/h3-10,12H,1-2H3,(H2,23,26,27). The average Bonchev–Trinajstić information content (AvgIpc) is 2.77. The van der Waals surface area contributed by atoms with Crippen molar-refractivity contribution in [2.75, 3.05) is 23.9 Å². The summed E-state index contributed by atoms with van der Waals surface area (Å²) in [6.07, 6.45) is 5.57. The highest BCUT2D eigenvalue weighted by molar-refractivity contribution is 7.90. The number of benzene rings is 2. The zero-order valence-corrected chi connectivity index (χ0v) is 17.5. The molecular weight excluding hydrogens is 414 g/mol. The molecule has 9 nitrogen and oxygen atoms in total. The number of nitrogens with two attached hydrogens (primary N) is 1. The van der Waals surface area contributed by atoms with E-state index in [-0.39, 0.29) is 22.1 Å². The third-order valence-corrected chi connectivity index (χ3v) is 5.97. The van der Waals surface area contributed by atoms with Gasteiger partial charge in [0.05, 0.1) is 21.6 Å². The van der Waals surface area contributed by atoms with Crippen LogP contribution < -0.4 is 10.6 Å². The number of rotatable bonds is 4. The van der Waals surface area contributed by atoms with Gasteiger partial charge in [0.25, 0.3) is 0 Å². The summed E-state index contributed by atoms with van der Waals surface area (Å²) in [4.78, 5) is 18.7. The molecule has 4 aromatic rings. The first-order chi connectivity index (χ1) is 14.8. The van der Waals surface area contributed by atoms with Crippen molar-refractivity contribution in [1.82, 2.24) is 19.9 Å². The highest BCUT2D eigenvalue weighted by Crippen LogP contribution is 2.39. The number of anilines is 3. The van der Waals surface area contributed by atoms with E-state index in [9.17, 15) is 13.7 Å². The van der Waals surface area contributed by atoms with Crippen molar-refractivity contribution in [2.45, 2.75) is 4.90 Å². The van der Waals surface area contributed by atoms with Crippen LogP contribution in [0.5, 0.6) is 0 Å². The van der Waals surface area contributed by atoms with E-state index in [0.29, 0.717) is 27.8 Å². The fourth-order valence-corrected chi connectivity index (χ4v) is 4.27. The Labute approximate surface area is 178 Å². The van der Waals surface area contributed by atoms with Gasteiger partial charge >= 0.3 is 0 Å². The van der Waals surface area contributed by atoms with Crippen LogP contribution >= 0.6 is 0 Å². The van der Waals surface area contributed by atoms with E-state index in [1.54, 1.807) is 60.7 Å². The predicted octanol–water partition coefficient (Wildman–Crippen LogP) is 2.71. The van der Waals surface area contributed by atoms with E-state index in [1.165, 1.54) is 6.33 Å². The smallest absolute Gasteiger partial charge is 0.176 e. The summed E-state index contributed by atoms with van der Waals surface area (Å²) in [7, 11) is -1.80. The summed E-state index contributed by atoms with van der Waals surface area (Å²) >= 11 is 0. The van der Waals surface area contributed by atoms with Crippen molar-refractivity contribution in [1.29, 1.82) is 5.26 Å². The lowest BCUT2D eigenvalue weighted by molar-refractivity contribution is 0.602. The number of nitriles is 1. The Kier molecular flexibility index (Phi) is 4.96. The molecule has 0 fully saturated rings. The minimum atomic E-state index is -3.51. The number of hydrogen-bond donors (Lipinski definition) is 1. The van der Waals surface area contributed by atoms with Gasteiger partial charge < -0.3 is 10.6 Å². The van der Waals surface area contributed by atoms with E-state index < -0.39 is 9.84 Å². The van der Waals surface area contributed by atoms with Crippen LogP contribution in [-0.4, -0.2) is 41.7 Å². The lowest BCUT2D eigenvalue weighted by atomic mass is 10.0. The molecule has 0 aliphatic rings. The van der Waals surface area contributed by atoms with E-state index in [1.807, 2.05) is 6.07 Å². The summed E-state index contributed by atoms with van der Waals surface area (Å²) in [6, 6.07) is 12.3. The van der Waals surface area contributed by atoms with Crippen LogP contribution in [0.15, 0.2) is 60.0 Å². The van der Waals surface area contributed by atoms with E-state index in [0.717, 1.165) is 6.26 Å². The van der Waals surface area contributed by atoms with E-state index in [2.05, 4.69) is 19.9 Å². The number of fused-ring (bicyclic) bond motifs is 1. The molecule has 0 radical (unpaired) electrons. The van der Waals surface area contributed by atoms with Crippen LogP contribution in [0.25, 0.3) is 22.2 Å².